The molecule has 7 nitrogen and oxygen atoms in total. The average molecular weight is 508 g/mol. The average Bonchev–Trinajstić information content (AvgIpc) is 3.49. The lowest BCUT2D eigenvalue weighted by Crippen LogP contribution is -2.42. The largest absolute Gasteiger partial charge is 0.423 e. The zero-order valence-corrected chi connectivity index (χ0v) is 21.3. The van der Waals surface area contributed by atoms with Gasteiger partial charge in [0.05, 0.1) is 5.69 Å². The number of carbonyl (C=O) groups excluding carboxylic acids is 1. The van der Waals surface area contributed by atoms with Crippen molar-refractivity contribution in [2.45, 2.75) is 25.3 Å². The van der Waals surface area contributed by atoms with Gasteiger partial charge < -0.3 is 19.1 Å². The standard InChI is InChI=1S/C26H26ClN5O2S/c1-30-12-9-18(10-13-30)31(2)26-29-21-15-19(7-8-22(21)34-26)32-14-11-20-23(25(32)33)35-24(28-20)16-3-5-17(27)6-4-16/h3-8,15,18H,9-14H2,1-2H3. The van der Waals surface area contributed by atoms with Crippen LogP contribution in [0.15, 0.2) is 46.9 Å². The third-order valence-electron chi connectivity index (χ3n) is 7.01. The molecule has 1 amide bonds. The number of hydrogen-bond acceptors (Lipinski definition) is 7. The number of anilines is 2. The lowest BCUT2D eigenvalue weighted by molar-refractivity contribution is 0.0984. The monoisotopic (exact) mass is 507 g/mol. The van der Waals surface area contributed by atoms with Crippen LogP contribution in [0, 0.1) is 0 Å². The Balaban J connectivity index is 1.24. The Labute approximate surface area is 212 Å². The number of nitrogens with zero attached hydrogens (tertiary/aromatic N) is 5. The Morgan fingerprint density at radius 1 is 1.09 bits per heavy atom. The fraction of sp³-hybridized carbons (Fsp3) is 0.346. The molecule has 0 spiro atoms. The lowest BCUT2D eigenvalue weighted by Gasteiger charge is -2.34. The van der Waals surface area contributed by atoms with Crippen LogP contribution < -0.4 is 9.80 Å². The van der Waals surface area contributed by atoms with Gasteiger partial charge in [0, 0.05) is 42.3 Å². The molecule has 2 aromatic heterocycles. The van der Waals surface area contributed by atoms with Crippen LogP contribution in [0.3, 0.4) is 0 Å². The van der Waals surface area contributed by atoms with Crippen molar-refractivity contribution in [2.24, 2.45) is 0 Å². The number of amides is 1. The summed E-state index contributed by atoms with van der Waals surface area (Å²) >= 11 is 7.46. The van der Waals surface area contributed by atoms with E-state index in [4.69, 9.17) is 26.0 Å². The van der Waals surface area contributed by atoms with Crippen LogP contribution >= 0.6 is 22.9 Å². The molecule has 0 radical (unpaired) electrons. The van der Waals surface area contributed by atoms with Gasteiger partial charge in [-0.15, -0.1) is 11.3 Å². The second-order valence-corrected chi connectivity index (χ2v) is 10.7. The number of oxazole rings is 1. The van der Waals surface area contributed by atoms with Crippen molar-refractivity contribution in [1.29, 1.82) is 0 Å². The summed E-state index contributed by atoms with van der Waals surface area (Å²) in [5.74, 6) is -0.0181. The van der Waals surface area contributed by atoms with Gasteiger partial charge in [-0.05, 0) is 63.3 Å². The Bertz CT molecular complexity index is 1390. The quantitative estimate of drug-likeness (QED) is 0.371. The van der Waals surface area contributed by atoms with Gasteiger partial charge in [0.1, 0.15) is 15.4 Å². The van der Waals surface area contributed by atoms with Gasteiger partial charge in [-0.1, -0.05) is 23.7 Å². The van der Waals surface area contributed by atoms with E-state index >= 15 is 0 Å². The van der Waals surface area contributed by atoms with Gasteiger partial charge in [0.2, 0.25) is 0 Å². The lowest BCUT2D eigenvalue weighted by atomic mass is 10.0. The zero-order valence-electron chi connectivity index (χ0n) is 19.7. The number of piperidine rings is 1. The number of halogens is 1. The van der Waals surface area contributed by atoms with E-state index in [9.17, 15) is 4.79 Å². The highest BCUT2D eigenvalue weighted by molar-refractivity contribution is 7.17. The molecule has 0 aliphatic carbocycles. The second-order valence-electron chi connectivity index (χ2n) is 9.30. The Morgan fingerprint density at radius 3 is 2.63 bits per heavy atom. The number of likely N-dealkylation sites (tertiary alicyclic amines) is 1. The van der Waals surface area contributed by atoms with E-state index in [-0.39, 0.29) is 5.91 Å². The molecule has 1 saturated heterocycles. The Morgan fingerprint density at radius 2 is 1.86 bits per heavy atom. The predicted molar refractivity (Wildman–Crippen MR) is 141 cm³/mol. The third kappa shape index (κ3) is 4.20. The fourth-order valence-electron chi connectivity index (χ4n) is 4.85. The number of thiazole rings is 1. The van der Waals surface area contributed by atoms with Crippen LogP contribution in [-0.2, 0) is 6.42 Å². The minimum Gasteiger partial charge on any atom is -0.423 e. The van der Waals surface area contributed by atoms with Crippen LogP contribution in [0.5, 0.6) is 0 Å². The van der Waals surface area contributed by atoms with Crippen molar-refractivity contribution in [3.05, 3.63) is 58.1 Å². The van der Waals surface area contributed by atoms with E-state index in [1.807, 2.05) is 47.4 Å². The summed E-state index contributed by atoms with van der Waals surface area (Å²) < 4.78 is 6.08. The summed E-state index contributed by atoms with van der Waals surface area (Å²) in [4.78, 5) is 30.0. The first-order valence-corrected chi connectivity index (χ1v) is 13.1. The maximum absolute atomic E-state index is 13.4. The Kier molecular flexibility index (Phi) is 5.75. The summed E-state index contributed by atoms with van der Waals surface area (Å²) in [6.45, 7) is 2.74. The minimum absolute atomic E-state index is 0.0181. The highest BCUT2D eigenvalue weighted by Crippen LogP contribution is 2.35. The highest BCUT2D eigenvalue weighted by Gasteiger charge is 2.30. The molecule has 6 rings (SSSR count). The third-order valence-corrected chi connectivity index (χ3v) is 8.40. The normalized spacial score (nSPS) is 17.2. The topological polar surface area (TPSA) is 65.7 Å². The molecule has 0 N–H and O–H groups in total. The molecule has 9 heteroatoms. The Hall–Kier alpha value is -2.94. The molecular weight excluding hydrogens is 482 g/mol. The first kappa shape index (κ1) is 22.5. The number of aromatic nitrogens is 2. The maximum Gasteiger partial charge on any atom is 0.298 e. The van der Waals surface area contributed by atoms with Gasteiger partial charge >= 0.3 is 0 Å². The van der Waals surface area contributed by atoms with Crippen molar-refractivity contribution in [3.8, 4) is 10.6 Å². The predicted octanol–water partition coefficient (Wildman–Crippen LogP) is 5.34. The van der Waals surface area contributed by atoms with Crippen LogP contribution in [0.1, 0.15) is 28.2 Å². The molecular formula is C26H26ClN5O2S. The van der Waals surface area contributed by atoms with E-state index in [0.29, 0.717) is 34.9 Å². The summed E-state index contributed by atoms with van der Waals surface area (Å²) in [6.07, 6.45) is 2.90. The second kappa shape index (κ2) is 8.93. The first-order chi connectivity index (χ1) is 17.0. The number of carbonyl (C=O) groups is 1. The van der Waals surface area contributed by atoms with Crippen molar-refractivity contribution >= 4 is 51.6 Å². The van der Waals surface area contributed by atoms with Crippen LogP contribution in [0.4, 0.5) is 11.7 Å². The van der Waals surface area contributed by atoms with Crippen molar-refractivity contribution in [3.63, 3.8) is 0 Å². The number of fused-ring (bicyclic) bond motifs is 2. The van der Waals surface area contributed by atoms with Gasteiger partial charge in [0.15, 0.2) is 5.58 Å². The molecule has 0 atom stereocenters. The SMILES string of the molecule is CN1CCC(N(C)c2nc3cc(N4CCc5nc(-c6ccc(Cl)cc6)sc5C4=O)ccc3o2)CC1. The zero-order chi connectivity index (χ0) is 24.1. The van der Waals surface area contributed by atoms with Gasteiger partial charge in [-0.2, -0.15) is 4.98 Å². The number of rotatable bonds is 4. The summed E-state index contributed by atoms with van der Waals surface area (Å²) in [6, 6.07) is 14.4. The molecule has 180 valence electrons. The molecule has 2 aliphatic heterocycles. The van der Waals surface area contributed by atoms with Crippen molar-refractivity contribution in [1.82, 2.24) is 14.9 Å². The number of hydrogen-bond donors (Lipinski definition) is 0. The summed E-state index contributed by atoms with van der Waals surface area (Å²) in [7, 11) is 4.21. The van der Waals surface area contributed by atoms with Crippen molar-refractivity contribution < 1.29 is 9.21 Å². The van der Waals surface area contributed by atoms with Crippen LogP contribution in [-0.4, -0.2) is 60.5 Å². The van der Waals surface area contributed by atoms with Crippen LogP contribution in [0.2, 0.25) is 5.02 Å². The van der Waals surface area contributed by atoms with Gasteiger partial charge in [-0.25, -0.2) is 4.98 Å². The van der Waals surface area contributed by atoms with E-state index in [1.165, 1.54) is 11.3 Å². The molecule has 2 aliphatic rings. The minimum atomic E-state index is -0.0181. The molecule has 2 aromatic carbocycles. The van der Waals surface area contributed by atoms with Crippen molar-refractivity contribution in [2.75, 3.05) is 43.5 Å². The van der Waals surface area contributed by atoms with E-state index in [2.05, 4.69) is 23.9 Å². The molecule has 4 heterocycles. The van der Waals surface area contributed by atoms with E-state index in [1.54, 1.807) is 0 Å². The summed E-state index contributed by atoms with van der Waals surface area (Å²) in [5.41, 5.74) is 4.17. The van der Waals surface area contributed by atoms with E-state index < -0.39 is 0 Å². The maximum atomic E-state index is 13.4. The molecule has 1 fully saturated rings. The van der Waals surface area contributed by atoms with Gasteiger partial charge in [0.25, 0.3) is 11.9 Å². The van der Waals surface area contributed by atoms with Crippen LogP contribution in [0.25, 0.3) is 21.7 Å². The molecule has 35 heavy (non-hydrogen) atoms. The molecule has 4 aromatic rings. The summed E-state index contributed by atoms with van der Waals surface area (Å²) in [5, 5.41) is 1.52. The highest BCUT2D eigenvalue weighted by atomic mass is 35.5. The smallest absolute Gasteiger partial charge is 0.298 e. The molecule has 0 saturated carbocycles. The van der Waals surface area contributed by atoms with Gasteiger partial charge in [-0.3, -0.25) is 4.79 Å². The molecule has 0 bridgehead atoms. The number of benzene rings is 2. The molecule has 0 unspecified atom stereocenters. The van der Waals surface area contributed by atoms with E-state index in [0.717, 1.165) is 59.0 Å². The fourth-order valence-corrected chi connectivity index (χ4v) is 6.05. The first-order valence-electron chi connectivity index (χ1n) is 11.9.